The van der Waals surface area contributed by atoms with Gasteiger partial charge in [0.1, 0.15) is 0 Å². The Morgan fingerprint density at radius 3 is 2.93 bits per heavy atom. The van der Waals surface area contributed by atoms with E-state index >= 15 is 0 Å². The summed E-state index contributed by atoms with van der Waals surface area (Å²) in [6.07, 6.45) is 5.54. The molecule has 84 valence electrons. The molecule has 0 aliphatic carbocycles. The Bertz CT molecular complexity index is 257. The Morgan fingerprint density at radius 1 is 1.47 bits per heavy atom. The molecule has 0 aromatic carbocycles. The summed E-state index contributed by atoms with van der Waals surface area (Å²) in [5.74, 6) is 0. The van der Waals surface area contributed by atoms with Crippen LogP contribution in [0.3, 0.4) is 0 Å². The van der Waals surface area contributed by atoms with Crippen molar-refractivity contribution in [1.29, 1.82) is 0 Å². The first-order chi connectivity index (χ1) is 7.36. The lowest BCUT2D eigenvalue weighted by Crippen LogP contribution is -2.39. The van der Waals surface area contributed by atoms with E-state index in [4.69, 9.17) is 0 Å². The number of hydrogen-bond acceptors (Lipinski definition) is 2. The predicted octanol–water partition coefficient (Wildman–Crippen LogP) is 0.711. The zero-order chi connectivity index (χ0) is 10.5. The van der Waals surface area contributed by atoms with Gasteiger partial charge in [-0.3, -0.25) is 0 Å². The van der Waals surface area contributed by atoms with Gasteiger partial charge in [-0.15, -0.1) is 0 Å². The standard InChI is InChI=1S/C11H19N3O/c15-11(14-7-1-2-8-14)13-9-10-3-5-12-6-4-10/h3,12H,1-2,4-9H2,(H,13,15). The van der Waals surface area contributed by atoms with Gasteiger partial charge in [0, 0.05) is 26.2 Å². The van der Waals surface area contributed by atoms with E-state index in [0.717, 1.165) is 52.0 Å². The van der Waals surface area contributed by atoms with Crippen molar-refractivity contribution in [3.05, 3.63) is 11.6 Å². The predicted molar refractivity (Wildman–Crippen MR) is 59.8 cm³/mol. The monoisotopic (exact) mass is 209 g/mol. The highest BCUT2D eigenvalue weighted by Gasteiger charge is 2.17. The molecule has 0 bridgehead atoms. The highest BCUT2D eigenvalue weighted by atomic mass is 16.2. The topological polar surface area (TPSA) is 44.4 Å². The highest BCUT2D eigenvalue weighted by Crippen LogP contribution is 2.08. The minimum absolute atomic E-state index is 0.104. The maximum atomic E-state index is 11.7. The second kappa shape index (κ2) is 5.16. The smallest absolute Gasteiger partial charge is 0.317 e. The van der Waals surface area contributed by atoms with Crippen molar-refractivity contribution in [2.24, 2.45) is 0 Å². The molecule has 2 aliphatic rings. The second-order valence-corrected chi connectivity index (χ2v) is 4.17. The van der Waals surface area contributed by atoms with Crippen LogP contribution in [0.25, 0.3) is 0 Å². The minimum atomic E-state index is 0.104. The van der Waals surface area contributed by atoms with Crippen molar-refractivity contribution >= 4 is 6.03 Å². The second-order valence-electron chi connectivity index (χ2n) is 4.17. The summed E-state index contributed by atoms with van der Waals surface area (Å²) >= 11 is 0. The van der Waals surface area contributed by atoms with E-state index in [0.29, 0.717) is 0 Å². The number of carbonyl (C=O) groups is 1. The molecule has 15 heavy (non-hydrogen) atoms. The maximum Gasteiger partial charge on any atom is 0.317 e. The SMILES string of the molecule is O=C(NCC1=CCNCC1)N1CCCC1. The van der Waals surface area contributed by atoms with Crippen molar-refractivity contribution < 1.29 is 4.79 Å². The first-order valence-corrected chi connectivity index (χ1v) is 5.77. The Hall–Kier alpha value is -1.03. The Morgan fingerprint density at radius 2 is 2.27 bits per heavy atom. The molecule has 0 spiro atoms. The summed E-state index contributed by atoms with van der Waals surface area (Å²) in [5, 5.41) is 6.24. The number of likely N-dealkylation sites (tertiary alicyclic amines) is 1. The van der Waals surface area contributed by atoms with Gasteiger partial charge in [-0.05, 0) is 25.8 Å². The van der Waals surface area contributed by atoms with Crippen molar-refractivity contribution in [1.82, 2.24) is 15.5 Å². The average Bonchev–Trinajstić information content (AvgIpc) is 2.81. The lowest BCUT2D eigenvalue weighted by atomic mass is 10.1. The Labute approximate surface area is 90.7 Å². The molecule has 2 aliphatic heterocycles. The summed E-state index contributed by atoms with van der Waals surface area (Å²) in [6.45, 7) is 4.54. The van der Waals surface area contributed by atoms with Crippen molar-refractivity contribution in [2.45, 2.75) is 19.3 Å². The number of rotatable bonds is 2. The lowest BCUT2D eigenvalue weighted by molar-refractivity contribution is 0.209. The van der Waals surface area contributed by atoms with Crippen LogP contribution in [-0.2, 0) is 0 Å². The molecule has 0 aromatic heterocycles. The summed E-state index contributed by atoms with van der Waals surface area (Å²) < 4.78 is 0. The highest BCUT2D eigenvalue weighted by molar-refractivity contribution is 5.74. The number of carbonyl (C=O) groups excluding carboxylic acids is 1. The number of urea groups is 1. The summed E-state index contributed by atoms with van der Waals surface area (Å²) in [5.41, 5.74) is 1.35. The minimum Gasteiger partial charge on any atom is -0.334 e. The van der Waals surface area contributed by atoms with E-state index in [1.807, 2.05) is 4.90 Å². The van der Waals surface area contributed by atoms with Gasteiger partial charge in [0.2, 0.25) is 0 Å². The van der Waals surface area contributed by atoms with E-state index < -0.39 is 0 Å². The fraction of sp³-hybridized carbons (Fsp3) is 0.727. The van der Waals surface area contributed by atoms with Crippen molar-refractivity contribution in [3.63, 3.8) is 0 Å². The van der Waals surface area contributed by atoms with Crippen LogP contribution in [0.1, 0.15) is 19.3 Å². The van der Waals surface area contributed by atoms with Gasteiger partial charge in [0.15, 0.2) is 0 Å². The van der Waals surface area contributed by atoms with Crippen LogP contribution in [0.15, 0.2) is 11.6 Å². The van der Waals surface area contributed by atoms with Crippen LogP contribution in [0.5, 0.6) is 0 Å². The first-order valence-electron chi connectivity index (χ1n) is 5.77. The molecule has 1 fully saturated rings. The Balaban J connectivity index is 1.72. The summed E-state index contributed by atoms with van der Waals surface area (Å²) in [7, 11) is 0. The molecule has 2 rings (SSSR count). The molecule has 1 saturated heterocycles. The van der Waals surface area contributed by atoms with Gasteiger partial charge in [0.25, 0.3) is 0 Å². The first kappa shape index (κ1) is 10.5. The van der Waals surface area contributed by atoms with Crippen LogP contribution >= 0.6 is 0 Å². The van der Waals surface area contributed by atoms with Crippen LogP contribution in [-0.4, -0.2) is 43.7 Å². The van der Waals surface area contributed by atoms with Gasteiger partial charge in [0.05, 0.1) is 0 Å². The van der Waals surface area contributed by atoms with Crippen molar-refractivity contribution in [3.8, 4) is 0 Å². The van der Waals surface area contributed by atoms with Crippen LogP contribution in [0.4, 0.5) is 4.79 Å². The van der Waals surface area contributed by atoms with Crippen molar-refractivity contribution in [2.75, 3.05) is 32.7 Å². The number of nitrogens with zero attached hydrogens (tertiary/aromatic N) is 1. The molecule has 0 radical (unpaired) electrons. The lowest BCUT2D eigenvalue weighted by Gasteiger charge is -2.18. The molecule has 0 atom stereocenters. The average molecular weight is 209 g/mol. The normalized spacial score (nSPS) is 21.3. The van der Waals surface area contributed by atoms with Gasteiger partial charge >= 0.3 is 6.03 Å². The maximum absolute atomic E-state index is 11.7. The van der Waals surface area contributed by atoms with E-state index in [2.05, 4.69) is 16.7 Å². The van der Waals surface area contributed by atoms with Crippen LogP contribution in [0.2, 0.25) is 0 Å². The molecular weight excluding hydrogens is 190 g/mol. The molecule has 4 nitrogen and oxygen atoms in total. The third-order valence-electron chi connectivity index (χ3n) is 3.02. The molecule has 0 saturated carbocycles. The Kier molecular flexibility index (Phi) is 3.61. The molecule has 4 heteroatoms. The van der Waals surface area contributed by atoms with Gasteiger partial charge in [-0.25, -0.2) is 4.79 Å². The summed E-state index contributed by atoms with van der Waals surface area (Å²) in [4.78, 5) is 13.6. The number of nitrogens with one attached hydrogen (secondary N) is 2. The van der Waals surface area contributed by atoms with Gasteiger partial charge in [-0.2, -0.15) is 0 Å². The molecule has 2 heterocycles. The van der Waals surface area contributed by atoms with Crippen LogP contribution < -0.4 is 10.6 Å². The molecule has 2 amide bonds. The molecule has 2 N–H and O–H groups in total. The third kappa shape index (κ3) is 2.96. The van der Waals surface area contributed by atoms with Gasteiger partial charge in [-0.1, -0.05) is 11.6 Å². The number of hydrogen-bond donors (Lipinski definition) is 2. The van der Waals surface area contributed by atoms with Crippen LogP contribution in [0, 0.1) is 0 Å². The van der Waals surface area contributed by atoms with Gasteiger partial charge < -0.3 is 15.5 Å². The zero-order valence-corrected chi connectivity index (χ0v) is 9.09. The molecule has 0 aromatic rings. The fourth-order valence-electron chi connectivity index (χ4n) is 2.05. The van der Waals surface area contributed by atoms with E-state index in [1.165, 1.54) is 5.57 Å². The molecule has 0 unspecified atom stereocenters. The zero-order valence-electron chi connectivity index (χ0n) is 9.09. The van der Waals surface area contributed by atoms with E-state index in [-0.39, 0.29) is 6.03 Å². The largest absolute Gasteiger partial charge is 0.334 e. The van der Waals surface area contributed by atoms with E-state index in [1.54, 1.807) is 0 Å². The number of amides is 2. The summed E-state index contributed by atoms with van der Waals surface area (Å²) in [6, 6.07) is 0.104. The van der Waals surface area contributed by atoms with E-state index in [9.17, 15) is 4.79 Å². The third-order valence-corrected chi connectivity index (χ3v) is 3.02. The quantitative estimate of drug-likeness (QED) is 0.658. The molecular formula is C11H19N3O. The fourth-order valence-corrected chi connectivity index (χ4v) is 2.05.